The summed E-state index contributed by atoms with van der Waals surface area (Å²) >= 11 is 5.92. The number of hydrogen-bond acceptors (Lipinski definition) is 1. The van der Waals surface area contributed by atoms with Crippen molar-refractivity contribution >= 4 is 23.3 Å². The van der Waals surface area contributed by atoms with Gasteiger partial charge in [-0.05, 0) is 37.1 Å². The van der Waals surface area contributed by atoms with Crippen LogP contribution in [0.2, 0.25) is 5.02 Å². The second-order valence-electron chi connectivity index (χ2n) is 5.31. The predicted molar refractivity (Wildman–Crippen MR) is 85.6 cm³/mol. The van der Waals surface area contributed by atoms with E-state index in [4.69, 9.17) is 11.6 Å². The van der Waals surface area contributed by atoms with E-state index < -0.39 is 0 Å². The first-order chi connectivity index (χ1) is 10.6. The number of nitrogens with zero attached hydrogens (tertiary/aromatic N) is 1. The summed E-state index contributed by atoms with van der Waals surface area (Å²) in [6.45, 7) is 0.616. The van der Waals surface area contributed by atoms with E-state index in [1.54, 1.807) is 47.4 Å². The first kappa shape index (κ1) is 14.9. The van der Waals surface area contributed by atoms with Gasteiger partial charge in [-0.2, -0.15) is 0 Å². The number of hydrogen-bond donors (Lipinski definition) is 1. The van der Waals surface area contributed by atoms with E-state index in [-0.39, 0.29) is 17.9 Å². The highest BCUT2D eigenvalue weighted by molar-refractivity contribution is 6.30. The Balaban J connectivity index is 1.78. The van der Waals surface area contributed by atoms with Crippen molar-refractivity contribution in [2.75, 3.05) is 11.9 Å². The number of likely N-dealkylation sites (tertiary alicyclic amines) is 1. The molecule has 0 aliphatic carbocycles. The molecule has 2 aromatic rings. The van der Waals surface area contributed by atoms with Gasteiger partial charge >= 0.3 is 6.03 Å². The molecule has 1 atom stereocenters. The zero-order valence-electron chi connectivity index (χ0n) is 11.9. The summed E-state index contributed by atoms with van der Waals surface area (Å²) in [6, 6.07) is 13.2. The van der Waals surface area contributed by atoms with E-state index in [9.17, 15) is 9.18 Å². The number of nitrogens with one attached hydrogen (secondary N) is 1. The van der Waals surface area contributed by atoms with Crippen molar-refractivity contribution in [2.45, 2.75) is 18.9 Å². The van der Waals surface area contributed by atoms with Gasteiger partial charge in [-0.3, -0.25) is 0 Å². The number of benzene rings is 2. The number of carbonyl (C=O) groups excluding carboxylic acids is 1. The number of rotatable bonds is 2. The smallest absolute Gasteiger partial charge is 0.317 e. The topological polar surface area (TPSA) is 32.3 Å². The third-order valence-electron chi connectivity index (χ3n) is 3.85. The van der Waals surface area contributed by atoms with Crippen molar-refractivity contribution in [3.63, 3.8) is 0 Å². The standard InChI is InChI=1S/C17H16ClFN2O/c18-12-5-3-6-13(11-12)20-17(22)21-10-4-9-16(21)14-7-1-2-8-15(14)19/h1-3,5-8,11,16H,4,9-10H2,(H,20,22)/t16-/m1/s1. The SMILES string of the molecule is O=C(Nc1cccc(Cl)c1)N1CCC[C@@H]1c1ccccc1F. The van der Waals surface area contributed by atoms with E-state index in [2.05, 4.69) is 5.32 Å². The fourth-order valence-corrected chi connectivity index (χ4v) is 3.03. The monoisotopic (exact) mass is 318 g/mol. The van der Waals surface area contributed by atoms with Crippen molar-refractivity contribution < 1.29 is 9.18 Å². The van der Waals surface area contributed by atoms with Gasteiger partial charge in [-0.1, -0.05) is 35.9 Å². The largest absolute Gasteiger partial charge is 0.322 e. The summed E-state index contributed by atoms with van der Waals surface area (Å²) in [4.78, 5) is 14.2. The van der Waals surface area contributed by atoms with Crippen LogP contribution >= 0.6 is 11.6 Å². The molecule has 1 saturated heterocycles. The fraction of sp³-hybridized carbons (Fsp3) is 0.235. The van der Waals surface area contributed by atoms with Gasteiger partial charge in [0.2, 0.25) is 0 Å². The number of carbonyl (C=O) groups is 1. The molecule has 0 saturated carbocycles. The minimum atomic E-state index is -0.269. The molecule has 1 aliphatic rings. The van der Waals surface area contributed by atoms with Crippen molar-refractivity contribution in [1.29, 1.82) is 0 Å². The van der Waals surface area contributed by atoms with Crippen LogP contribution in [0, 0.1) is 5.82 Å². The zero-order chi connectivity index (χ0) is 15.5. The molecular weight excluding hydrogens is 303 g/mol. The Morgan fingerprint density at radius 1 is 1.23 bits per heavy atom. The molecule has 5 heteroatoms. The zero-order valence-corrected chi connectivity index (χ0v) is 12.7. The third kappa shape index (κ3) is 3.07. The van der Waals surface area contributed by atoms with Gasteiger partial charge in [0.1, 0.15) is 5.82 Å². The normalized spacial score (nSPS) is 17.5. The van der Waals surface area contributed by atoms with Gasteiger partial charge in [-0.25, -0.2) is 9.18 Å². The molecule has 3 nitrogen and oxygen atoms in total. The Morgan fingerprint density at radius 2 is 2.05 bits per heavy atom. The van der Waals surface area contributed by atoms with Gasteiger partial charge in [0.15, 0.2) is 0 Å². The van der Waals surface area contributed by atoms with Gasteiger partial charge in [0.25, 0.3) is 0 Å². The summed E-state index contributed by atoms with van der Waals surface area (Å²) in [7, 11) is 0. The summed E-state index contributed by atoms with van der Waals surface area (Å²) < 4.78 is 14.0. The fourth-order valence-electron chi connectivity index (χ4n) is 2.84. The van der Waals surface area contributed by atoms with Gasteiger partial charge < -0.3 is 10.2 Å². The number of urea groups is 1. The van der Waals surface area contributed by atoms with Crippen LogP contribution in [0.15, 0.2) is 48.5 Å². The van der Waals surface area contributed by atoms with Crippen molar-refractivity contribution in [2.24, 2.45) is 0 Å². The third-order valence-corrected chi connectivity index (χ3v) is 4.09. The molecule has 0 spiro atoms. The summed E-state index contributed by atoms with van der Waals surface area (Å²) in [5.41, 5.74) is 1.21. The number of anilines is 1. The highest BCUT2D eigenvalue weighted by Crippen LogP contribution is 2.33. The van der Waals surface area contributed by atoms with Gasteiger partial charge in [-0.15, -0.1) is 0 Å². The second kappa shape index (κ2) is 6.36. The Morgan fingerprint density at radius 3 is 2.82 bits per heavy atom. The van der Waals surface area contributed by atoms with Crippen molar-refractivity contribution in [3.05, 3.63) is 64.9 Å². The molecule has 3 rings (SSSR count). The quantitative estimate of drug-likeness (QED) is 0.843. The lowest BCUT2D eigenvalue weighted by atomic mass is 10.0. The van der Waals surface area contributed by atoms with E-state index in [0.29, 0.717) is 22.8 Å². The summed E-state index contributed by atoms with van der Waals surface area (Å²) in [5, 5.41) is 3.38. The van der Waals surface area contributed by atoms with Crippen LogP contribution in [0.5, 0.6) is 0 Å². The Kier molecular flexibility index (Phi) is 4.29. The predicted octanol–water partition coefficient (Wildman–Crippen LogP) is 4.85. The van der Waals surface area contributed by atoms with Crippen molar-refractivity contribution in [1.82, 2.24) is 4.90 Å². The van der Waals surface area contributed by atoms with Crippen LogP contribution in [0.25, 0.3) is 0 Å². The molecule has 0 aromatic heterocycles. The molecule has 1 N–H and O–H groups in total. The number of halogens is 2. The van der Waals surface area contributed by atoms with E-state index >= 15 is 0 Å². The maximum absolute atomic E-state index is 14.0. The molecule has 1 heterocycles. The average molecular weight is 319 g/mol. The first-order valence-electron chi connectivity index (χ1n) is 7.23. The van der Waals surface area contributed by atoms with Gasteiger partial charge in [0, 0.05) is 22.8 Å². The minimum Gasteiger partial charge on any atom is -0.317 e. The van der Waals surface area contributed by atoms with E-state index in [1.807, 2.05) is 0 Å². The summed E-state index contributed by atoms with van der Waals surface area (Å²) in [5.74, 6) is -0.269. The van der Waals surface area contributed by atoms with Gasteiger partial charge in [0.05, 0.1) is 6.04 Å². The molecule has 0 radical (unpaired) electrons. The number of amides is 2. The van der Waals surface area contributed by atoms with Crippen LogP contribution in [-0.2, 0) is 0 Å². The van der Waals surface area contributed by atoms with Crippen LogP contribution < -0.4 is 5.32 Å². The lowest BCUT2D eigenvalue weighted by Crippen LogP contribution is -2.34. The Hall–Kier alpha value is -2.07. The molecule has 114 valence electrons. The van der Waals surface area contributed by atoms with Crippen LogP contribution in [0.1, 0.15) is 24.4 Å². The molecule has 1 fully saturated rings. The molecule has 1 aliphatic heterocycles. The van der Waals surface area contributed by atoms with Crippen LogP contribution in [0.4, 0.5) is 14.9 Å². The lowest BCUT2D eigenvalue weighted by Gasteiger charge is -2.25. The molecule has 0 bridgehead atoms. The van der Waals surface area contributed by atoms with Crippen molar-refractivity contribution in [3.8, 4) is 0 Å². The first-order valence-corrected chi connectivity index (χ1v) is 7.60. The molecule has 0 unspecified atom stereocenters. The maximum atomic E-state index is 14.0. The Labute approximate surface area is 133 Å². The highest BCUT2D eigenvalue weighted by atomic mass is 35.5. The lowest BCUT2D eigenvalue weighted by molar-refractivity contribution is 0.206. The van der Waals surface area contributed by atoms with E-state index in [1.165, 1.54) is 6.07 Å². The summed E-state index contributed by atoms with van der Waals surface area (Å²) in [6.07, 6.45) is 1.63. The van der Waals surface area contributed by atoms with E-state index in [0.717, 1.165) is 12.8 Å². The molecular formula is C17H16ClFN2O. The maximum Gasteiger partial charge on any atom is 0.322 e. The Bertz CT molecular complexity index is 692. The molecule has 22 heavy (non-hydrogen) atoms. The van der Waals surface area contributed by atoms with Crippen LogP contribution in [-0.4, -0.2) is 17.5 Å². The average Bonchev–Trinajstić information content (AvgIpc) is 2.97. The second-order valence-corrected chi connectivity index (χ2v) is 5.75. The van der Waals surface area contributed by atoms with Crippen LogP contribution in [0.3, 0.4) is 0 Å². The molecule has 2 aromatic carbocycles. The molecule has 2 amide bonds. The minimum absolute atomic E-state index is 0.222. The highest BCUT2D eigenvalue weighted by Gasteiger charge is 2.31.